The minimum Gasteiger partial charge on any atom is -0.507 e. The van der Waals surface area contributed by atoms with Crippen molar-refractivity contribution in [1.82, 2.24) is 14.8 Å². The Kier molecular flexibility index (Phi) is 8.61. The lowest BCUT2D eigenvalue weighted by Crippen LogP contribution is -2.42. The molecule has 2 aliphatic heterocycles. The molecule has 3 heterocycles. The number of H-pyrrole nitrogens is 1. The number of hydrogen-bond acceptors (Lipinski definition) is 9. The van der Waals surface area contributed by atoms with Gasteiger partial charge in [0.1, 0.15) is 11.5 Å². The van der Waals surface area contributed by atoms with Gasteiger partial charge in [0.15, 0.2) is 11.5 Å². The minimum atomic E-state index is -0.883. The molecule has 39 heavy (non-hydrogen) atoms. The molecule has 1 amide bonds. The van der Waals surface area contributed by atoms with Crippen molar-refractivity contribution in [2.75, 3.05) is 60.2 Å². The summed E-state index contributed by atoms with van der Waals surface area (Å²) in [6.45, 7) is 9.08. The van der Waals surface area contributed by atoms with E-state index in [-0.39, 0.29) is 29.1 Å². The molecule has 11 nitrogen and oxygen atoms in total. The number of likely N-dealkylation sites (tertiary alicyclic amines) is 1. The summed E-state index contributed by atoms with van der Waals surface area (Å²) < 4.78 is 21.5. The average molecular weight is 542 g/mol. The molecule has 1 aromatic heterocycles. The summed E-state index contributed by atoms with van der Waals surface area (Å²) in [5.74, 6) is -1.51. The molecule has 2 aromatic rings. The number of esters is 1. The number of aliphatic hydroxyl groups is 1. The molecule has 2 fully saturated rings. The van der Waals surface area contributed by atoms with Gasteiger partial charge in [0.05, 0.1) is 45.7 Å². The van der Waals surface area contributed by atoms with E-state index in [2.05, 4.69) is 9.88 Å². The number of nitrogens with zero attached hydrogens (tertiary/aromatic N) is 2. The maximum absolute atomic E-state index is 13.5. The van der Waals surface area contributed by atoms with Gasteiger partial charge in [-0.3, -0.25) is 14.5 Å². The van der Waals surface area contributed by atoms with Crippen LogP contribution in [0.5, 0.6) is 11.5 Å². The molecule has 0 saturated carbocycles. The monoisotopic (exact) mass is 541 g/mol. The average Bonchev–Trinajstić information content (AvgIpc) is 3.38. The number of ketones is 1. The van der Waals surface area contributed by atoms with Crippen LogP contribution in [0.15, 0.2) is 23.8 Å². The molecule has 210 valence electrons. The Labute approximate surface area is 227 Å². The van der Waals surface area contributed by atoms with Crippen LogP contribution in [0.1, 0.15) is 45.8 Å². The first-order valence-corrected chi connectivity index (χ1v) is 12.9. The van der Waals surface area contributed by atoms with Crippen LogP contribution < -0.4 is 9.47 Å². The zero-order chi connectivity index (χ0) is 28.3. The van der Waals surface area contributed by atoms with Crippen molar-refractivity contribution in [3.05, 3.63) is 51.9 Å². The Morgan fingerprint density at radius 2 is 1.85 bits per heavy atom. The normalized spacial score (nSPS) is 19.4. The van der Waals surface area contributed by atoms with E-state index in [4.69, 9.17) is 18.9 Å². The summed E-state index contributed by atoms with van der Waals surface area (Å²) in [5.41, 5.74) is 1.85. The first-order chi connectivity index (χ1) is 18.7. The number of morpholine rings is 1. The lowest BCUT2D eigenvalue weighted by molar-refractivity contribution is -0.140. The smallest absolute Gasteiger partial charge is 0.354 e. The van der Waals surface area contributed by atoms with Gasteiger partial charge in [-0.25, -0.2) is 4.79 Å². The van der Waals surface area contributed by atoms with Gasteiger partial charge in [-0.05, 0) is 44.0 Å². The number of amides is 1. The van der Waals surface area contributed by atoms with E-state index in [1.807, 2.05) is 6.92 Å². The highest BCUT2D eigenvalue weighted by molar-refractivity contribution is 6.46. The van der Waals surface area contributed by atoms with Gasteiger partial charge in [-0.1, -0.05) is 6.07 Å². The second kappa shape index (κ2) is 11.9. The molecule has 2 saturated heterocycles. The summed E-state index contributed by atoms with van der Waals surface area (Å²) in [7, 11) is 2.77. The summed E-state index contributed by atoms with van der Waals surface area (Å²) in [5, 5.41) is 11.6. The number of Topliss-reactive ketones (excluding diaryl/α,β-unsaturated/α-hetero) is 1. The molecular weight excluding hydrogens is 506 g/mol. The lowest BCUT2D eigenvalue weighted by Gasteiger charge is -2.31. The SMILES string of the molecule is CCOc1ccc(C2C(=C(O)c3c(C)[nH]c(C(=O)OC)c3C)C(=O)C(=O)N2CCN2CCOCC2)cc1OC. The highest BCUT2D eigenvalue weighted by Gasteiger charge is 2.46. The molecule has 2 N–H and O–H groups in total. The molecule has 11 heteroatoms. The molecule has 0 radical (unpaired) electrons. The summed E-state index contributed by atoms with van der Waals surface area (Å²) >= 11 is 0. The molecule has 1 aromatic carbocycles. The molecule has 0 bridgehead atoms. The van der Waals surface area contributed by atoms with Gasteiger partial charge in [0.2, 0.25) is 0 Å². The Morgan fingerprint density at radius 1 is 1.13 bits per heavy atom. The van der Waals surface area contributed by atoms with Crippen LogP contribution in [0.25, 0.3) is 5.76 Å². The topological polar surface area (TPSA) is 131 Å². The Balaban J connectivity index is 1.84. The third kappa shape index (κ3) is 5.37. The number of ether oxygens (including phenoxy) is 4. The fourth-order valence-electron chi connectivity index (χ4n) is 5.21. The van der Waals surface area contributed by atoms with Gasteiger partial charge in [-0.15, -0.1) is 0 Å². The molecule has 4 rings (SSSR count). The van der Waals surface area contributed by atoms with Crippen molar-refractivity contribution in [3.8, 4) is 11.5 Å². The fourth-order valence-corrected chi connectivity index (χ4v) is 5.21. The van der Waals surface area contributed by atoms with E-state index < -0.39 is 23.7 Å². The number of methoxy groups -OCH3 is 2. The van der Waals surface area contributed by atoms with E-state index in [0.29, 0.717) is 54.7 Å². The van der Waals surface area contributed by atoms with E-state index in [9.17, 15) is 19.5 Å². The van der Waals surface area contributed by atoms with Crippen molar-refractivity contribution in [1.29, 1.82) is 0 Å². The maximum atomic E-state index is 13.5. The van der Waals surface area contributed by atoms with Gasteiger partial charge < -0.3 is 33.9 Å². The second-order valence-corrected chi connectivity index (χ2v) is 9.41. The standard InChI is InChI=1S/C28H35N3O8/c1-6-39-19-8-7-18(15-20(19)36-4)24-22(25(32)21-16(2)23(28(35)37-5)29-17(21)3)26(33)27(34)31(24)10-9-30-11-13-38-14-12-30/h7-8,15,24,29,32H,6,9-14H2,1-5H3. The Morgan fingerprint density at radius 3 is 2.49 bits per heavy atom. The molecule has 1 atom stereocenters. The third-order valence-electron chi connectivity index (χ3n) is 7.17. The summed E-state index contributed by atoms with van der Waals surface area (Å²) in [4.78, 5) is 45.8. The van der Waals surface area contributed by atoms with Crippen molar-refractivity contribution < 1.29 is 38.4 Å². The number of benzene rings is 1. The van der Waals surface area contributed by atoms with E-state index >= 15 is 0 Å². The van der Waals surface area contributed by atoms with Crippen molar-refractivity contribution in [2.24, 2.45) is 0 Å². The van der Waals surface area contributed by atoms with E-state index in [1.54, 1.807) is 32.0 Å². The number of rotatable bonds is 9. The van der Waals surface area contributed by atoms with E-state index in [1.165, 1.54) is 19.1 Å². The zero-order valence-corrected chi connectivity index (χ0v) is 23.0. The summed E-state index contributed by atoms with van der Waals surface area (Å²) in [6.07, 6.45) is 0. The second-order valence-electron chi connectivity index (χ2n) is 9.41. The van der Waals surface area contributed by atoms with Crippen LogP contribution in [0.4, 0.5) is 0 Å². The van der Waals surface area contributed by atoms with Crippen LogP contribution >= 0.6 is 0 Å². The molecule has 0 spiro atoms. The van der Waals surface area contributed by atoms with Crippen molar-refractivity contribution in [2.45, 2.75) is 26.8 Å². The highest BCUT2D eigenvalue weighted by Crippen LogP contribution is 2.43. The van der Waals surface area contributed by atoms with Gasteiger partial charge in [0, 0.05) is 37.4 Å². The molecule has 0 aliphatic carbocycles. The number of carbonyl (C=O) groups is 3. The first-order valence-electron chi connectivity index (χ1n) is 12.9. The Hall–Kier alpha value is -3.83. The predicted octanol–water partition coefficient (Wildman–Crippen LogP) is 2.58. The number of aromatic nitrogens is 1. The first kappa shape index (κ1) is 28.2. The fraction of sp³-hybridized carbons (Fsp3) is 0.464. The molecular formula is C28H35N3O8. The predicted molar refractivity (Wildman–Crippen MR) is 142 cm³/mol. The third-order valence-corrected chi connectivity index (χ3v) is 7.17. The van der Waals surface area contributed by atoms with Gasteiger partial charge in [-0.2, -0.15) is 0 Å². The number of aryl methyl sites for hydroxylation is 1. The Bertz CT molecular complexity index is 1290. The van der Waals surface area contributed by atoms with Gasteiger partial charge >= 0.3 is 5.97 Å². The number of aromatic amines is 1. The van der Waals surface area contributed by atoms with E-state index in [0.717, 1.165) is 13.1 Å². The quantitative estimate of drug-likeness (QED) is 0.213. The highest BCUT2D eigenvalue weighted by atomic mass is 16.5. The molecule has 2 aliphatic rings. The maximum Gasteiger partial charge on any atom is 0.354 e. The van der Waals surface area contributed by atoms with Crippen molar-refractivity contribution in [3.63, 3.8) is 0 Å². The van der Waals surface area contributed by atoms with Crippen LogP contribution in [0.2, 0.25) is 0 Å². The van der Waals surface area contributed by atoms with Crippen LogP contribution in [-0.2, 0) is 19.1 Å². The zero-order valence-electron chi connectivity index (χ0n) is 23.0. The summed E-state index contributed by atoms with van der Waals surface area (Å²) in [6, 6.07) is 4.32. The lowest BCUT2D eigenvalue weighted by atomic mass is 9.93. The molecule has 1 unspecified atom stereocenters. The largest absolute Gasteiger partial charge is 0.507 e. The van der Waals surface area contributed by atoms with Crippen LogP contribution in [0.3, 0.4) is 0 Å². The number of aliphatic hydroxyl groups excluding tert-OH is 1. The van der Waals surface area contributed by atoms with Crippen LogP contribution in [0, 0.1) is 13.8 Å². The number of carbonyl (C=O) groups excluding carboxylic acids is 3. The van der Waals surface area contributed by atoms with Crippen LogP contribution in [-0.4, -0.2) is 97.8 Å². The number of nitrogens with one attached hydrogen (secondary N) is 1. The minimum absolute atomic E-state index is 0.0604. The number of hydrogen-bond donors (Lipinski definition) is 2. The van der Waals surface area contributed by atoms with Gasteiger partial charge in [0.25, 0.3) is 11.7 Å². The van der Waals surface area contributed by atoms with Crippen molar-refractivity contribution >= 4 is 23.4 Å².